The van der Waals surface area contributed by atoms with E-state index in [0.29, 0.717) is 13.1 Å². The topological polar surface area (TPSA) is 50.6 Å². The van der Waals surface area contributed by atoms with Crippen molar-refractivity contribution in [1.29, 1.82) is 0 Å². The van der Waals surface area contributed by atoms with Crippen LogP contribution in [0.1, 0.15) is 12.5 Å². The second-order valence-electron chi connectivity index (χ2n) is 7.10. The normalized spacial score (nSPS) is 17.7. The molecule has 1 atom stereocenters. The second-order valence-corrected chi connectivity index (χ2v) is 7.10. The Hall–Kier alpha value is -3.12. The van der Waals surface area contributed by atoms with E-state index in [-0.39, 0.29) is 11.9 Å². The number of benzene rings is 2. The van der Waals surface area contributed by atoms with Gasteiger partial charge in [-0.1, -0.05) is 18.2 Å². The summed E-state index contributed by atoms with van der Waals surface area (Å²) >= 11 is 0. The lowest BCUT2D eigenvalue weighted by Gasteiger charge is -2.39. The van der Waals surface area contributed by atoms with Crippen LogP contribution >= 0.6 is 0 Å². The SMILES string of the molecule is COc1cccc(N2CC(C)N(Cc3ccc(-n4ccnc4)cc3)CC2=O)c1. The lowest BCUT2D eigenvalue weighted by Crippen LogP contribution is -2.54. The monoisotopic (exact) mass is 376 g/mol. The van der Waals surface area contributed by atoms with Crippen molar-refractivity contribution in [3.8, 4) is 11.4 Å². The number of hydrogen-bond acceptors (Lipinski definition) is 4. The number of hydrogen-bond donors (Lipinski definition) is 0. The first-order chi connectivity index (χ1) is 13.6. The first-order valence-electron chi connectivity index (χ1n) is 9.40. The van der Waals surface area contributed by atoms with Crippen LogP contribution in [-0.4, -0.2) is 46.6 Å². The van der Waals surface area contributed by atoms with Crippen molar-refractivity contribution in [2.75, 3.05) is 25.1 Å². The Bertz CT molecular complexity index is 937. The summed E-state index contributed by atoms with van der Waals surface area (Å²) in [6.07, 6.45) is 5.48. The molecule has 0 radical (unpaired) electrons. The zero-order valence-corrected chi connectivity index (χ0v) is 16.2. The Morgan fingerprint density at radius 2 is 1.96 bits per heavy atom. The summed E-state index contributed by atoms with van der Waals surface area (Å²) in [5, 5.41) is 0. The van der Waals surface area contributed by atoms with Crippen molar-refractivity contribution in [3.63, 3.8) is 0 Å². The fourth-order valence-electron chi connectivity index (χ4n) is 3.56. The third-order valence-electron chi connectivity index (χ3n) is 5.20. The van der Waals surface area contributed by atoms with E-state index >= 15 is 0 Å². The van der Waals surface area contributed by atoms with Crippen LogP contribution in [0.3, 0.4) is 0 Å². The highest BCUT2D eigenvalue weighted by Gasteiger charge is 2.30. The van der Waals surface area contributed by atoms with Gasteiger partial charge in [0.05, 0.1) is 20.0 Å². The van der Waals surface area contributed by atoms with Crippen LogP contribution in [-0.2, 0) is 11.3 Å². The van der Waals surface area contributed by atoms with Gasteiger partial charge >= 0.3 is 0 Å². The van der Waals surface area contributed by atoms with E-state index in [1.165, 1.54) is 5.56 Å². The fourth-order valence-corrected chi connectivity index (χ4v) is 3.56. The number of piperazine rings is 1. The van der Waals surface area contributed by atoms with Gasteiger partial charge in [0.2, 0.25) is 5.91 Å². The molecule has 3 aromatic rings. The number of rotatable bonds is 5. The smallest absolute Gasteiger partial charge is 0.241 e. The van der Waals surface area contributed by atoms with Crippen LogP contribution in [0.25, 0.3) is 5.69 Å². The molecule has 0 spiro atoms. The van der Waals surface area contributed by atoms with Crippen LogP contribution < -0.4 is 9.64 Å². The molecule has 1 amide bonds. The summed E-state index contributed by atoms with van der Waals surface area (Å²) in [4.78, 5) is 20.9. The maximum Gasteiger partial charge on any atom is 0.241 e. The third kappa shape index (κ3) is 3.77. The number of carbonyl (C=O) groups is 1. The standard InChI is InChI=1S/C22H24N4O2/c1-17-13-26(20-4-3-5-21(12-20)28-2)22(27)15-25(17)14-18-6-8-19(9-7-18)24-11-10-23-16-24/h3-12,16-17H,13-15H2,1-2H3. The highest BCUT2D eigenvalue weighted by Crippen LogP contribution is 2.25. The molecule has 0 bridgehead atoms. The molecular weight excluding hydrogens is 352 g/mol. The molecule has 4 rings (SSSR count). The van der Waals surface area contributed by atoms with Crippen LogP contribution in [0.5, 0.6) is 5.75 Å². The molecule has 0 saturated carbocycles. The van der Waals surface area contributed by atoms with Crippen molar-refractivity contribution in [2.24, 2.45) is 0 Å². The van der Waals surface area contributed by atoms with Gasteiger partial charge < -0.3 is 14.2 Å². The van der Waals surface area contributed by atoms with E-state index in [1.54, 1.807) is 19.6 Å². The Morgan fingerprint density at radius 1 is 1.14 bits per heavy atom. The summed E-state index contributed by atoms with van der Waals surface area (Å²) in [7, 11) is 1.64. The predicted octanol–water partition coefficient (Wildman–Crippen LogP) is 3.12. The van der Waals surface area contributed by atoms with E-state index in [9.17, 15) is 4.79 Å². The molecule has 28 heavy (non-hydrogen) atoms. The summed E-state index contributed by atoms with van der Waals surface area (Å²) in [5.74, 6) is 0.875. The Morgan fingerprint density at radius 3 is 2.68 bits per heavy atom. The molecule has 2 heterocycles. The average molecular weight is 376 g/mol. The van der Waals surface area contributed by atoms with Gasteiger partial charge in [-0.25, -0.2) is 4.98 Å². The largest absolute Gasteiger partial charge is 0.497 e. The van der Waals surface area contributed by atoms with E-state index in [0.717, 1.165) is 23.7 Å². The lowest BCUT2D eigenvalue weighted by molar-refractivity contribution is -0.122. The summed E-state index contributed by atoms with van der Waals surface area (Å²) < 4.78 is 7.27. The summed E-state index contributed by atoms with van der Waals surface area (Å²) in [6.45, 7) is 3.99. The molecule has 1 saturated heterocycles. The molecule has 0 aliphatic carbocycles. The molecule has 2 aromatic carbocycles. The van der Waals surface area contributed by atoms with Crippen LogP contribution in [0.2, 0.25) is 0 Å². The van der Waals surface area contributed by atoms with E-state index in [1.807, 2.05) is 39.9 Å². The predicted molar refractivity (Wildman–Crippen MR) is 109 cm³/mol. The molecule has 144 valence electrons. The van der Waals surface area contributed by atoms with E-state index < -0.39 is 0 Å². The molecule has 6 nitrogen and oxygen atoms in total. The fraction of sp³-hybridized carbons (Fsp3) is 0.273. The van der Waals surface area contributed by atoms with Crippen molar-refractivity contribution in [1.82, 2.24) is 14.5 Å². The van der Waals surface area contributed by atoms with Crippen LogP contribution in [0, 0.1) is 0 Å². The maximum atomic E-state index is 12.8. The molecular formula is C22H24N4O2. The minimum Gasteiger partial charge on any atom is -0.497 e. The minimum absolute atomic E-state index is 0.112. The molecule has 1 aromatic heterocycles. The van der Waals surface area contributed by atoms with Gasteiger partial charge in [-0.05, 0) is 36.8 Å². The van der Waals surface area contributed by atoms with Crippen LogP contribution in [0.15, 0.2) is 67.3 Å². The molecule has 0 N–H and O–H groups in total. The minimum atomic E-state index is 0.112. The van der Waals surface area contributed by atoms with Crippen molar-refractivity contribution < 1.29 is 9.53 Å². The Kier molecular flexibility index (Phi) is 5.12. The maximum absolute atomic E-state index is 12.8. The number of carbonyl (C=O) groups excluding carboxylic acids is 1. The number of anilines is 1. The number of aromatic nitrogens is 2. The van der Waals surface area contributed by atoms with Gasteiger partial charge in [0, 0.05) is 49.0 Å². The van der Waals surface area contributed by atoms with E-state index in [2.05, 4.69) is 41.1 Å². The molecule has 1 unspecified atom stereocenters. The third-order valence-corrected chi connectivity index (χ3v) is 5.20. The molecule has 6 heteroatoms. The van der Waals surface area contributed by atoms with E-state index in [4.69, 9.17) is 4.74 Å². The lowest BCUT2D eigenvalue weighted by atomic mass is 10.1. The first-order valence-corrected chi connectivity index (χ1v) is 9.40. The second kappa shape index (κ2) is 7.86. The average Bonchev–Trinajstić information content (AvgIpc) is 3.26. The Balaban J connectivity index is 1.44. The summed E-state index contributed by atoms with van der Waals surface area (Å²) in [5.41, 5.74) is 3.16. The first kappa shape index (κ1) is 18.3. The number of amides is 1. The van der Waals surface area contributed by atoms with Crippen molar-refractivity contribution in [3.05, 3.63) is 72.8 Å². The zero-order valence-electron chi connectivity index (χ0n) is 16.2. The zero-order chi connectivity index (χ0) is 19.5. The number of ether oxygens (including phenoxy) is 1. The van der Waals surface area contributed by atoms with Gasteiger partial charge in [0.1, 0.15) is 5.75 Å². The number of imidazole rings is 1. The summed E-state index contributed by atoms with van der Waals surface area (Å²) in [6, 6.07) is 16.3. The quantitative estimate of drug-likeness (QED) is 0.687. The van der Waals surface area contributed by atoms with Crippen molar-refractivity contribution in [2.45, 2.75) is 19.5 Å². The highest BCUT2D eigenvalue weighted by atomic mass is 16.5. The Labute approximate surface area is 165 Å². The molecule has 1 aliphatic rings. The van der Waals surface area contributed by atoms with Crippen LogP contribution in [0.4, 0.5) is 5.69 Å². The van der Waals surface area contributed by atoms with Gasteiger partial charge in [-0.2, -0.15) is 0 Å². The molecule has 1 fully saturated rings. The highest BCUT2D eigenvalue weighted by molar-refractivity contribution is 5.95. The van der Waals surface area contributed by atoms with Crippen molar-refractivity contribution >= 4 is 11.6 Å². The van der Waals surface area contributed by atoms with Gasteiger partial charge in [0.25, 0.3) is 0 Å². The number of nitrogens with zero attached hydrogens (tertiary/aromatic N) is 4. The molecule has 1 aliphatic heterocycles. The number of methoxy groups -OCH3 is 1. The van der Waals surface area contributed by atoms with Gasteiger partial charge in [-0.15, -0.1) is 0 Å². The van der Waals surface area contributed by atoms with Gasteiger partial charge in [0.15, 0.2) is 0 Å². The van der Waals surface area contributed by atoms with Gasteiger partial charge in [-0.3, -0.25) is 9.69 Å².